The molecule has 9 heteroatoms. The molecule has 3 aliphatic heterocycles. The summed E-state index contributed by atoms with van der Waals surface area (Å²) in [6.07, 6.45) is 7.18. The van der Waals surface area contributed by atoms with E-state index in [2.05, 4.69) is 14.6 Å². The molecular formula is C21H26N4O4S. The van der Waals surface area contributed by atoms with E-state index in [4.69, 9.17) is 4.74 Å². The number of ether oxygens (including phenoxy) is 1. The quantitative estimate of drug-likeness (QED) is 0.735. The number of methoxy groups -OCH3 is 1. The number of carbonyl (C=O) groups is 1. The number of likely N-dealkylation sites (tertiary alicyclic amines) is 1. The molecule has 30 heavy (non-hydrogen) atoms. The van der Waals surface area contributed by atoms with Gasteiger partial charge >= 0.3 is 0 Å². The van der Waals surface area contributed by atoms with Gasteiger partial charge in [0.05, 0.1) is 24.5 Å². The van der Waals surface area contributed by atoms with Gasteiger partial charge in [-0.2, -0.15) is 0 Å². The maximum absolute atomic E-state index is 12.8. The molecule has 1 atom stereocenters. The molecule has 160 valence electrons. The summed E-state index contributed by atoms with van der Waals surface area (Å²) >= 11 is 0. The van der Waals surface area contributed by atoms with Crippen LogP contribution in [0.3, 0.4) is 0 Å². The van der Waals surface area contributed by atoms with Crippen LogP contribution in [-0.2, 0) is 14.8 Å². The standard InChI is InChI=1S/C21H26N4O4S/c1-29-18-7-4-16(5-8-18)19(24-10-2-3-11-24)14-22-21(26)17-6-9-20-23-30(27,28)13-12-25(20)15-17/h4-9,15,19H,2-3,10-14H2,1H3,(H,22,26). The van der Waals surface area contributed by atoms with E-state index in [-0.39, 0.29) is 17.7 Å². The topological polar surface area (TPSA) is 91.3 Å². The van der Waals surface area contributed by atoms with E-state index in [1.165, 1.54) is 0 Å². The van der Waals surface area contributed by atoms with Crippen LogP contribution in [0.1, 0.15) is 24.4 Å². The normalized spacial score (nSPS) is 21.4. The lowest BCUT2D eigenvalue weighted by Crippen LogP contribution is -2.40. The minimum Gasteiger partial charge on any atom is -0.497 e. The number of amidine groups is 1. The van der Waals surface area contributed by atoms with Crippen molar-refractivity contribution in [3.05, 3.63) is 53.8 Å². The number of hydrogen-bond donors (Lipinski definition) is 1. The lowest BCUT2D eigenvalue weighted by Gasteiger charge is -2.29. The first kappa shape index (κ1) is 20.6. The fourth-order valence-electron chi connectivity index (χ4n) is 3.96. The fourth-order valence-corrected chi connectivity index (χ4v) is 4.93. The van der Waals surface area contributed by atoms with Crippen molar-refractivity contribution in [3.8, 4) is 5.75 Å². The number of benzene rings is 1. The number of rotatable bonds is 6. The maximum atomic E-state index is 12.8. The van der Waals surface area contributed by atoms with Crippen LogP contribution in [0.5, 0.6) is 5.75 Å². The van der Waals surface area contributed by atoms with Crippen molar-refractivity contribution in [1.82, 2.24) is 15.1 Å². The first-order chi connectivity index (χ1) is 14.4. The Hall–Kier alpha value is -2.65. The molecule has 0 radical (unpaired) electrons. The van der Waals surface area contributed by atoms with Gasteiger partial charge in [-0.3, -0.25) is 9.69 Å². The molecule has 0 aliphatic carbocycles. The molecule has 1 saturated heterocycles. The van der Waals surface area contributed by atoms with Crippen molar-refractivity contribution < 1.29 is 17.9 Å². The van der Waals surface area contributed by atoms with Crippen molar-refractivity contribution in [1.29, 1.82) is 0 Å². The Balaban J connectivity index is 1.45. The second kappa shape index (κ2) is 8.61. The van der Waals surface area contributed by atoms with Crippen LogP contribution in [0.2, 0.25) is 0 Å². The highest BCUT2D eigenvalue weighted by molar-refractivity contribution is 7.90. The van der Waals surface area contributed by atoms with Gasteiger partial charge in [0.25, 0.3) is 15.9 Å². The molecule has 1 aromatic rings. The van der Waals surface area contributed by atoms with Crippen LogP contribution in [0.25, 0.3) is 0 Å². The summed E-state index contributed by atoms with van der Waals surface area (Å²) in [6, 6.07) is 8.07. The summed E-state index contributed by atoms with van der Waals surface area (Å²) in [4.78, 5) is 16.9. The number of amides is 1. The molecule has 3 heterocycles. The number of nitrogens with one attached hydrogen (secondary N) is 1. The van der Waals surface area contributed by atoms with E-state index >= 15 is 0 Å². The largest absolute Gasteiger partial charge is 0.497 e. The molecule has 1 fully saturated rings. The fraction of sp³-hybridized carbons (Fsp3) is 0.429. The molecule has 1 amide bonds. The van der Waals surface area contributed by atoms with Gasteiger partial charge in [0, 0.05) is 19.3 Å². The van der Waals surface area contributed by atoms with E-state index in [0.29, 0.717) is 24.5 Å². The van der Waals surface area contributed by atoms with Gasteiger partial charge < -0.3 is 15.0 Å². The SMILES string of the molecule is COc1ccc(C(CNC(=O)C2=CN3CCS(=O)(=O)N=C3C=C2)N2CCCC2)cc1. The summed E-state index contributed by atoms with van der Waals surface area (Å²) in [6.45, 7) is 2.81. The Morgan fingerprint density at radius 2 is 1.90 bits per heavy atom. The number of hydrogen-bond acceptors (Lipinski definition) is 6. The van der Waals surface area contributed by atoms with Gasteiger partial charge in [-0.1, -0.05) is 12.1 Å². The predicted octanol–water partition coefficient (Wildman–Crippen LogP) is 1.45. The van der Waals surface area contributed by atoms with Gasteiger partial charge in [0.15, 0.2) is 0 Å². The first-order valence-electron chi connectivity index (χ1n) is 10.1. The third-order valence-electron chi connectivity index (χ3n) is 5.62. The lowest BCUT2D eigenvalue weighted by atomic mass is 10.0. The van der Waals surface area contributed by atoms with Gasteiger partial charge in [0.1, 0.15) is 11.6 Å². The van der Waals surface area contributed by atoms with E-state index in [1.807, 2.05) is 24.3 Å². The summed E-state index contributed by atoms with van der Waals surface area (Å²) < 4.78 is 32.3. The van der Waals surface area contributed by atoms with Crippen LogP contribution < -0.4 is 10.1 Å². The third-order valence-corrected chi connectivity index (χ3v) is 6.79. The molecule has 1 N–H and O–H groups in total. The van der Waals surface area contributed by atoms with Gasteiger partial charge in [-0.15, -0.1) is 4.40 Å². The van der Waals surface area contributed by atoms with Crippen molar-refractivity contribution in [3.63, 3.8) is 0 Å². The molecule has 3 aliphatic rings. The summed E-state index contributed by atoms with van der Waals surface area (Å²) in [5.41, 5.74) is 1.63. The van der Waals surface area contributed by atoms with Crippen LogP contribution in [0.15, 0.2) is 52.6 Å². The van der Waals surface area contributed by atoms with Crippen molar-refractivity contribution in [2.75, 3.05) is 39.0 Å². The maximum Gasteiger partial charge on any atom is 0.256 e. The summed E-state index contributed by atoms with van der Waals surface area (Å²) in [5, 5.41) is 3.05. The Labute approximate surface area is 177 Å². The highest BCUT2D eigenvalue weighted by Gasteiger charge is 2.27. The number of fused-ring (bicyclic) bond motifs is 1. The van der Waals surface area contributed by atoms with E-state index in [0.717, 1.165) is 37.2 Å². The Morgan fingerprint density at radius 3 is 2.60 bits per heavy atom. The molecule has 4 rings (SSSR count). The Bertz CT molecular complexity index is 992. The average molecular weight is 431 g/mol. The minimum absolute atomic E-state index is 0.0513. The zero-order valence-corrected chi connectivity index (χ0v) is 17.8. The zero-order chi connectivity index (χ0) is 21.1. The van der Waals surface area contributed by atoms with Crippen LogP contribution in [0, 0.1) is 0 Å². The van der Waals surface area contributed by atoms with Crippen molar-refractivity contribution in [2.45, 2.75) is 18.9 Å². The minimum atomic E-state index is -3.41. The molecule has 1 aromatic carbocycles. The molecule has 8 nitrogen and oxygen atoms in total. The number of carbonyl (C=O) groups excluding carboxylic acids is 1. The molecule has 0 saturated carbocycles. The van der Waals surface area contributed by atoms with Crippen molar-refractivity contribution >= 4 is 21.8 Å². The second-order valence-corrected chi connectivity index (χ2v) is 9.34. The van der Waals surface area contributed by atoms with Crippen LogP contribution >= 0.6 is 0 Å². The summed E-state index contributed by atoms with van der Waals surface area (Å²) in [5.74, 6) is 0.924. The number of nitrogens with zero attached hydrogens (tertiary/aromatic N) is 3. The van der Waals surface area contributed by atoms with Crippen LogP contribution in [0.4, 0.5) is 0 Å². The van der Waals surface area contributed by atoms with Gasteiger partial charge in [0.2, 0.25) is 0 Å². The highest BCUT2D eigenvalue weighted by atomic mass is 32.2. The Morgan fingerprint density at radius 1 is 1.17 bits per heavy atom. The van der Waals surface area contributed by atoms with E-state index in [9.17, 15) is 13.2 Å². The predicted molar refractivity (Wildman–Crippen MR) is 115 cm³/mol. The second-order valence-electron chi connectivity index (χ2n) is 7.59. The molecule has 1 unspecified atom stereocenters. The molecule has 0 aromatic heterocycles. The molecular weight excluding hydrogens is 404 g/mol. The highest BCUT2D eigenvalue weighted by Crippen LogP contribution is 2.26. The lowest BCUT2D eigenvalue weighted by molar-refractivity contribution is -0.117. The average Bonchev–Trinajstić information content (AvgIpc) is 3.28. The van der Waals surface area contributed by atoms with Gasteiger partial charge in [-0.05, 0) is 55.8 Å². The monoisotopic (exact) mass is 430 g/mol. The zero-order valence-electron chi connectivity index (χ0n) is 17.0. The molecule has 0 bridgehead atoms. The van der Waals surface area contributed by atoms with Crippen molar-refractivity contribution in [2.24, 2.45) is 4.40 Å². The van der Waals surface area contributed by atoms with Gasteiger partial charge in [-0.25, -0.2) is 8.42 Å². The smallest absolute Gasteiger partial charge is 0.256 e. The van der Waals surface area contributed by atoms with E-state index in [1.54, 1.807) is 30.4 Å². The summed E-state index contributed by atoms with van der Waals surface area (Å²) in [7, 11) is -1.76. The number of sulfonamides is 1. The van der Waals surface area contributed by atoms with Crippen LogP contribution in [-0.4, -0.2) is 69.0 Å². The third kappa shape index (κ3) is 4.57. The first-order valence-corrected chi connectivity index (χ1v) is 11.7. The molecule has 0 spiro atoms. The van der Waals surface area contributed by atoms with E-state index < -0.39 is 10.0 Å². The Kier molecular flexibility index (Phi) is 5.92.